The smallest absolute Gasteiger partial charge is 0.274 e. The van der Waals surface area contributed by atoms with Crippen molar-refractivity contribution in [2.75, 3.05) is 0 Å². The van der Waals surface area contributed by atoms with Crippen molar-refractivity contribution in [1.82, 2.24) is 35.0 Å². The van der Waals surface area contributed by atoms with Gasteiger partial charge in [0.1, 0.15) is 5.82 Å². The van der Waals surface area contributed by atoms with Gasteiger partial charge in [-0.1, -0.05) is 70.2 Å². The van der Waals surface area contributed by atoms with Gasteiger partial charge in [-0.25, -0.2) is 9.89 Å². The van der Waals surface area contributed by atoms with Gasteiger partial charge in [0.15, 0.2) is 5.82 Å². The van der Waals surface area contributed by atoms with E-state index in [2.05, 4.69) is 25.7 Å². The fourth-order valence-electron chi connectivity index (χ4n) is 3.69. The van der Waals surface area contributed by atoms with E-state index in [1.807, 2.05) is 76.2 Å². The molecule has 4 rings (SSSR count). The standard InChI is InChI=1S/C24H27N7O2/c1-5-7-20(32)31-23(33)30(22(27-31)24(2,3)4)15-16-10-12-17(13-11-16)18-8-6-9-19(14-18)21-25-28-29-26-21/h6,8-14H,5,7,15H2,1-4H3,(H,25,26,28,29). The second-order valence-electron chi connectivity index (χ2n) is 9.03. The van der Waals surface area contributed by atoms with Crippen LogP contribution in [0.25, 0.3) is 22.5 Å². The van der Waals surface area contributed by atoms with E-state index in [1.54, 1.807) is 4.57 Å². The summed E-state index contributed by atoms with van der Waals surface area (Å²) in [5.74, 6) is 0.926. The van der Waals surface area contributed by atoms with Crippen molar-refractivity contribution >= 4 is 5.91 Å². The lowest BCUT2D eigenvalue weighted by atomic mass is 9.95. The molecule has 0 saturated heterocycles. The number of nitrogens with zero attached hydrogens (tertiary/aromatic N) is 6. The van der Waals surface area contributed by atoms with Crippen molar-refractivity contribution in [2.45, 2.75) is 52.5 Å². The average Bonchev–Trinajstić information content (AvgIpc) is 3.43. The van der Waals surface area contributed by atoms with E-state index in [-0.39, 0.29) is 11.3 Å². The number of carbonyl (C=O) groups excluding carboxylic acids is 1. The molecule has 4 aromatic rings. The zero-order valence-electron chi connectivity index (χ0n) is 19.2. The fraction of sp³-hybridized carbons (Fsp3) is 0.333. The molecule has 1 N–H and O–H groups in total. The molecular formula is C24H27N7O2. The minimum atomic E-state index is -0.393. The van der Waals surface area contributed by atoms with Gasteiger partial charge < -0.3 is 0 Å². The lowest BCUT2D eigenvalue weighted by Crippen LogP contribution is -2.31. The molecule has 0 bridgehead atoms. The quantitative estimate of drug-likeness (QED) is 0.485. The number of aromatic amines is 1. The maximum absolute atomic E-state index is 13.0. The number of tetrazole rings is 1. The third-order valence-electron chi connectivity index (χ3n) is 5.34. The summed E-state index contributed by atoms with van der Waals surface area (Å²) in [6.07, 6.45) is 0.955. The number of H-pyrrole nitrogens is 1. The van der Waals surface area contributed by atoms with E-state index in [0.717, 1.165) is 26.9 Å². The number of hydrogen-bond acceptors (Lipinski definition) is 6. The maximum atomic E-state index is 13.0. The van der Waals surface area contributed by atoms with Crippen LogP contribution in [0.1, 0.15) is 56.7 Å². The van der Waals surface area contributed by atoms with Gasteiger partial charge in [-0.2, -0.15) is 0 Å². The fourth-order valence-corrected chi connectivity index (χ4v) is 3.69. The summed E-state index contributed by atoms with van der Waals surface area (Å²) in [6.45, 7) is 8.21. The summed E-state index contributed by atoms with van der Waals surface area (Å²) in [5.41, 5.74) is 3.13. The number of benzene rings is 2. The van der Waals surface area contributed by atoms with Gasteiger partial charge in [-0.3, -0.25) is 9.36 Å². The van der Waals surface area contributed by atoms with Crippen LogP contribution in [0.3, 0.4) is 0 Å². The second kappa shape index (κ2) is 8.93. The molecule has 0 fully saturated rings. The van der Waals surface area contributed by atoms with E-state index in [0.29, 0.717) is 31.0 Å². The Hall–Kier alpha value is -3.88. The Morgan fingerprint density at radius 3 is 2.39 bits per heavy atom. The highest BCUT2D eigenvalue weighted by molar-refractivity contribution is 5.77. The molecule has 0 unspecified atom stereocenters. The Morgan fingerprint density at radius 2 is 1.76 bits per heavy atom. The molecule has 170 valence electrons. The van der Waals surface area contributed by atoms with E-state index >= 15 is 0 Å². The summed E-state index contributed by atoms with van der Waals surface area (Å²) in [7, 11) is 0. The first-order valence-corrected chi connectivity index (χ1v) is 10.9. The normalized spacial score (nSPS) is 11.6. The van der Waals surface area contributed by atoms with Crippen molar-refractivity contribution in [3.05, 3.63) is 70.4 Å². The minimum absolute atomic E-state index is 0.274. The van der Waals surface area contributed by atoms with Crippen LogP contribution >= 0.6 is 0 Å². The first kappa shape index (κ1) is 22.3. The van der Waals surface area contributed by atoms with Crippen LogP contribution in [0.4, 0.5) is 0 Å². The Morgan fingerprint density at radius 1 is 1.03 bits per heavy atom. The zero-order chi connectivity index (χ0) is 23.6. The summed E-state index contributed by atoms with van der Waals surface area (Å²) >= 11 is 0. The third-order valence-corrected chi connectivity index (χ3v) is 5.34. The van der Waals surface area contributed by atoms with Crippen LogP contribution in [0, 0.1) is 0 Å². The van der Waals surface area contributed by atoms with Crippen LogP contribution in [-0.4, -0.2) is 40.9 Å². The predicted octanol–water partition coefficient (Wildman–Crippen LogP) is 3.68. The molecule has 2 aromatic heterocycles. The van der Waals surface area contributed by atoms with Gasteiger partial charge >= 0.3 is 5.69 Å². The molecule has 9 heteroatoms. The lowest BCUT2D eigenvalue weighted by Gasteiger charge is -2.18. The Balaban J connectivity index is 1.63. The molecular weight excluding hydrogens is 418 g/mol. The summed E-state index contributed by atoms with van der Waals surface area (Å²) in [5, 5.41) is 18.4. The highest BCUT2D eigenvalue weighted by Gasteiger charge is 2.26. The largest absolute Gasteiger partial charge is 0.353 e. The number of rotatable bonds is 6. The van der Waals surface area contributed by atoms with Crippen LogP contribution in [-0.2, 0) is 12.0 Å². The molecule has 0 amide bonds. The number of hydrogen-bond donors (Lipinski definition) is 1. The minimum Gasteiger partial charge on any atom is -0.274 e. The molecule has 0 aliphatic rings. The second-order valence-corrected chi connectivity index (χ2v) is 9.03. The number of nitrogens with one attached hydrogen (secondary N) is 1. The molecule has 9 nitrogen and oxygen atoms in total. The van der Waals surface area contributed by atoms with E-state index in [1.165, 1.54) is 0 Å². The average molecular weight is 446 g/mol. The maximum Gasteiger partial charge on any atom is 0.353 e. The number of aromatic nitrogens is 7. The molecule has 0 atom stereocenters. The Kier molecular flexibility index (Phi) is 6.04. The topological polar surface area (TPSA) is 111 Å². The first-order chi connectivity index (χ1) is 15.8. The first-order valence-electron chi connectivity index (χ1n) is 10.9. The third kappa shape index (κ3) is 4.67. The summed E-state index contributed by atoms with van der Waals surface area (Å²) in [4.78, 5) is 25.4. The van der Waals surface area contributed by atoms with Gasteiger partial charge in [-0.15, -0.1) is 14.9 Å². The molecule has 33 heavy (non-hydrogen) atoms. The van der Waals surface area contributed by atoms with Gasteiger partial charge in [0.25, 0.3) is 5.91 Å². The van der Waals surface area contributed by atoms with E-state index in [9.17, 15) is 9.59 Å². The molecule has 0 radical (unpaired) electrons. The van der Waals surface area contributed by atoms with E-state index < -0.39 is 5.69 Å². The Labute approximate surface area is 191 Å². The van der Waals surface area contributed by atoms with Crippen molar-refractivity contribution in [3.8, 4) is 22.5 Å². The van der Waals surface area contributed by atoms with Crippen molar-refractivity contribution in [1.29, 1.82) is 0 Å². The van der Waals surface area contributed by atoms with Crippen LogP contribution in [0.15, 0.2) is 53.3 Å². The highest BCUT2D eigenvalue weighted by Crippen LogP contribution is 2.25. The SMILES string of the molecule is CCCC(=O)n1nc(C(C)(C)C)n(Cc2ccc(-c3cccc(-c4nnn[nH]4)c3)cc2)c1=O. The van der Waals surface area contributed by atoms with Crippen molar-refractivity contribution < 1.29 is 4.79 Å². The summed E-state index contributed by atoms with van der Waals surface area (Å²) < 4.78 is 2.61. The monoisotopic (exact) mass is 445 g/mol. The Bertz CT molecular complexity index is 1310. The lowest BCUT2D eigenvalue weighted by molar-refractivity contribution is 0.0880. The van der Waals surface area contributed by atoms with Gasteiger partial charge in [0, 0.05) is 17.4 Å². The molecule has 2 aromatic carbocycles. The highest BCUT2D eigenvalue weighted by atomic mass is 16.2. The van der Waals surface area contributed by atoms with Crippen molar-refractivity contribution in [2.24, 2.45) is 0 Å². The van der Waals surface area contributed by atoms with Gasteiger partial charge in [0.2, 0.25) is 0 Å². The van der Waals surface area contributed by atoms with Crippen LogP contribution in [0.5, 0.6) is 0 Å². The molecule has 0 aliphatic carbocycles. The zero-order valence-corrected chi connectivity index (χ0v) is 19.2. The van der Waals surface area contributed by atoms with Gasteiger partial charge in [0.05, 0.1) is 6.54 Å². The van der Waals surface area contributed by atoms with Crippen molar-refractivity contribution in [3.63, 3.8) is 0 Å². The van der Waals surface area contributed by atoms with Gasteiger partial charge in [-0.05, 0) is 39.6 Å². The molecule has 0 aliphatic heterocycles. The summed E-state index contributed by atoms with van der Waals surface area (Å²) in [6, 6.07) is 15.9. The van der Waals surface area contributed by atoms with Crippen LogP contribution in [0.2, 0.25) is 0 Å². The molecule has 2 heterocycles. The van der Waals surface area contributed by atoms with E-state index in [4.69, 9.17) is 0 Å². The molecule has 0 spiro atoms. The number of carbonyl (C=O) groups is 1. The molecule has 0 saturated carbocycles. The van der Waals surface area contributed by atoms with Crippen LogP contribution < -0.4 is 5.69 Å². The predicted molar refractivity (Wildman–Crippen MR) is 125 cm³/mol.